The van der Waals surface area contributed by atoms with Crippen LogP contribution in [0.1, 0.15) is 16.1 Å². The SMILES string of the molecule is CN(CCO)c1ccc(/C=N\NC(=O)c2cc(-c3ccccc3)n[nH]2)cc1. The third-order valence-corrected chi connectivity index (χ3v) is 4.04. The normalized spacial score (nSPS) is 10.9. The van der Waals surface area contributed by atoms with E-state index < -0.39 is 0 Å². The first-order chi connectivity index (χ1) is 13.2. The lowest BCUT2D eigenvalue weighted by Gasteiger charge is -2.17. The van der Waals surface area contributed by atoms with E-state index >= 15 is 0 Å². The van der Waals surface area contributed by atoms with E-state index in [0.717, 1.165) is 16.8 Å². The number of amides is 1. The van der Waals surface area contributed by atoms with Crippen molar-refractivity contribution in [3.05, 3.63) is 71.9 Å². The molecule has 0 saturated heterocycles. The number of hydrazone groups is 1. The molecule has 27 heavy (non-hydrogen) atoms. The minimum absolute atomic E-state index is 0.103. The van der Waals surface area contributed by atoms with Gasteiger partial charge < -0.3 is 10.0 Å². The topological polar surface area (TPSA) is 93.6 Å². The average molecular weight is 363 g/mol. The quantitative estimate of drug-likeness (QED) is 0.443. The summed E-state index contributed by atoms with van der Waals surface area (Å²) in [5, 5.41) is 19.8. The molecule has 0 unspecified atom stereocenters. The van der Waals surface area contributed by atoms with E-state index in [1.54, 1.807) is 12.3 Å². The van der Waals surface area contributed by atoms with E-state index in [4.69, 9.17) is 5.11 Å². The van der Waals surface area contributed by atoms with E-state index in [1.807, 2.05) is 66.5 Å². The van der Waals surface area contributed by atoms with Crippen molar-refractivity contribution in [2.75, 3.05) is 25.1 Å². The summed E-state index contributed by atoms with van der Waals surface area (Å²) < 4.78 is 0. The summed E-state index contributed by atoms with van der Waals surface area (Å²) in [6.07, 6.45) is 1.57. The van der Waals surface area contributed by atoms with Gasteiger partial charge in [-0.2, -0.15) is 10.2 Å². The zero-order valence-corrected chi connectivity index (χ0v) is 15.0. The summed E-state index contributed by atoms with van der Waals surface area (Å²) >= 11 is 0. The summed E-state index contributed by atoms with van der Waals surface area (Å²) in [7, 11) is 1.91. The number of rotatable bonds is 7. The van der Waals surface area contributed by atoms with Crippen molar-refractivity contribution in [1.29, 1.82) is 0 Å². The van der Waals surface area contributed by atoms with Crippen molar-refractivity contribution in [2.45, 2.75) is 0 Å². The number of carbonyl (C=O) groups is 1. The monoisotopic (exact) mass is 363 g/mol. The van der Waals surface area contributed by atoms with Gasteiger partial charge >= 0.3 is 0 Å². The van der Waals surface area contributed by atoms with Gasteiger partial charge in [-0.1, -0.05) is 42.5 Å². The number of likely N-dealkylation sites (N-methyl/N-ethyl adjacent to an activating group) is 1. The van der Waals surface area contributed by atoms with Gasteiger partial charge in [0.2, 0.25) is 0 Å². The van der Waals surface area contributed by atoms with E-state index in [2.05, 4.69) is 20.7 Å². The Hall–Kier alpha value is -3.45. The van der Waals surface area contributed by atoms with E-state index in [1.165, 1.54) is 0 Å². The minimum atomic E-state index is -0.361. The largest absolute Gasteiger partial charge is 0.395 e. The molecule has 0 aliphatic heterocycles. The number of hydrogen-bond acceptors (Lipinski definition) is 5. The van der Waals surface area contributed by atoms with Crippen LogP contribution in [0, 0.1) is 0 Å². The molecule has 0 bridgehead atoms. The predicted molar refractivity (Wildman–Crippen MR) is 106 cm³/mol. The summed E-state index contributed by atoms with van der Waals surface area (Å²) in [5.41, 5.74) is 6.31. The number of benzene rings is 2. The summed E-state index contributed by atoms with van der Waals surface area (Å²) in [6, 6.07) is 18.9. The zero-order valence-electron chi connectivity index (χ0n) is 15.0. The zero-order chi connectivity index (χ0) is 19.1. The molecule has 3 aromatic rings. The highest BCUT2D eigenvalue weighted by molar-refractivity contribution is 5.94. The Labute approximate surface area is 157 Å². The molecular formula is C20H21N5O2. The molecule has 3 N–H and O–H groups in total. The van der Waals surface area contributed by atoms with Crippen LogP contribution in [0.4, 0.5) is 5.69 Å². The molecule has 1 aromatic heterocycles. The van der Waals surface area contributed by atoms with Gasteiger partial charge in [0, 0.05) is 24.8 Å². The maximum absolute atomic E-state index is 12.2. The van der Waals surface area contributed by atoms with Crippen LogP contribution in [0.25, 0.3) is 11.3 Å². The van der Waals surface area contributed by atoms with Gasteiger partial charge in [0.1, 0.15) is 5.69 Å². The third kappa shape index (κ3) is 4.80. The van der Waals surface area contributed by atoms with Gasteiger partial charge in [-0.3, -0.25) is 9.89 Å². The highest BCUT2D eigenvalue weighted by atomic mass is 16.3. The van der Waals surface area contributed by atoms with Crippen LogP contribution in [0.5, 0.6) is 0 Å². The number of aliphatic hydroxyl groups excluding tert-OH is 1. The van der Waals surface area contributed by atoms with Crippen molar-refractivity contribution in [1.82, 2.24) is 15.6 Å². The molecule has 1 amide bonds. The molecule has 0 aliphatic rings. The minimum Gasteiger partial charge on any atom is -0.395 e. The van der Waals surface area contributed by atoms with Crippen LogP contribution in [-0.4, -0.2) is 47.6 Å². The summed E-state index contributed by atoms with van der Waals surface area (Å²) in [5.74, 6) is -0.361. The highest BCUT2D eigenvalue weighted by Crippen LogP contribution is 2.16. The number of aromatic amines is 1. The van der Waals surface area contributed by atoms with Gasteiger partial charge in [-0.05, 0) is 23.8 Å². The van der Waals surface area contributed by atoms with Crippen molar-refractivity contribution in [3.8, 4) is 11.3 Å². The number of nitrogens with one attached hydrogen (secondary N) is 2. The van der Waals surface area contributed by atoms with Gasteiger partial charge in [0.05, 0.1) is 18.5 Å². The number of carbonyl (C=O) groups excluding carboxylic acids is 1. The lowest BCUT2D eigenvalue weighted by atomic mass is 10.1. The van der Waals surface area contributed by atoms with Crippen LogP contribution < -0.4 is 10.3 Å². The van der Waals surface area contributed by atoms with Gasteiger partial charge in [0.25, 0.3) is 5.91 Å². The molecule has 0 radical (unpaired) electrons. The molecule has 2 aromatic carbocycles. The molecule has 1 heterocycles. The Kier molecular flexibility index (Phi) is 5.96. The van der Waals surface area contributed by atoms with Crippen LogP contribution >= 0.6 is 0 Å². The Morgan fingerprint density at radius 2 is 1.96 bits per heavy atom. The molecule has 7 heteroatoms. The molecule has 0 saturated carbocycles. The summed E-state index contributed by atoms with van der Waals surface area (Å²) in [4.78, 5) is 14.1. The molecule has 3 rings (SSSR count). The van der Waals surface area contributed by atoms with Crippen LogP contribution in [-0.2, 0) is 0 Å². The molecule has 0 aliphatic carbocycles. The lowest BCUT2D eigenvalue weighted by molar-refractivity contribution is 0.0950. The second kappa shape index (κ2) is 8.77. The second-order valence-corrected chi connectivity index (χ2v) is 5.97. The van der Waals surface area contributed by atoms with Gasteiger partial charge in [-0.25, -0.2) is 5.43 Å². The number of hydrogen-bond donors (Lipinski definition) is 3. The van der Waals surface area contributed by atoms with E-state index in [9.17, 15) is 4.79 Å². The van der Waals surface area contributed by atoms with Crippen LogP contribution in [0.3, 0.4) is 0 Å². The molecule has 0 fully saturated rings. The van der Waals surface area contributed by atoms with Crippen molar-refractivity contribution in [3.63, 3.8) is 0 Å². The highest BCUT2D eigenvalue weighted by Gasteiger charge is 2.10. The van der Waals surface area contributed by atoms with Crippen molar-refractivity contribution in [2.24, 2.45) is 5.10 Å². The van der Waals surface area contributed by atoms with Crippen LogP contribution in [0.2, 0.25) is 0 Å². The molecule has 0 atom stereocenters. The van der Waals surface area contributed by atoms with E-state index in [0.29, 0.717) is 17.9 Å². The fraction of sp³-hybridized carbons (Fsp3) is 0.150. The number of anilines is 1. The molecule has 0 spiro atoms. The summed E-state index contributed by atoms with van der Waals surface area (Å²) in [6.45, 7) is 0.671. The Morgan fingerprint density at radius 1 is 1.22 bits per heavy atom. The van der Waals surface area contributed by atoms with E-state index in [-0.39, 0.29) is 12.5 Å². The number of H-pyrrole nitrogens is 1. The predicted octanol–water partition coefficient (Wildman–Crippen LogP) is 2.27. The Bertz CT molecular complexity index is 904. The molecular weight excluding hydrogens is 342 g/mol. The first-order valence-electron chi connectivity index (χ1n) is 8.53. The van der Waals surface area contributed by atoms with Crippen LogP contribution in [0.15, 0.2) is 65.8 Å². The number of aliphatic hydroxyl groups is 1. The average Bonchev–Trinajstić information content (AvgIpc) is 3.20. The Balaban J connectivity index is 1.58. The number of aromatic nitrogens is 2. The third-order valence-electron chi connectivity index (χ3n) is 4.04. The first kappa shape index (κ1) is 18.3. The molecule has 138 valence electrons. The standard InChI is InChI=1S/C20H21N5O2/c1-25(11-12-26)17-9-7-15(8-10-17)14-21-24-20(27)19-13-18(22-23-19)16-5-3-2-4-6-16/h2-10,13-14,26H,11-12H2,1H3,(H,22,23)(H,24,27)/b21-14-. The van der Waals surface area contributed by atoms with Gasteiger partial charge in [0.15, 0.2) is 0 Å². The smallest absolute Gasteiger partial charge is 0.289 e. The molecule has 7 nitrogen and oxygen atoms in total. The first-order valence-corrected chi connectivity index (χ1v) is 8.53. The Morgan fingerprint density at radius 3 is 2.67 bits per heavy atom. The fourth-order valence-corrected chi connectivity index (χ4v) is 2.51. The maximum atomic E-state index is 12.2. The van der Waals surface area contributed by atoms with Crippen molar-refractivity contribution >= 4 is 17.8 Å². The second-order valence-electron chi connectivity index (χ2n) is 5.97. The van der Waals surface area contributed by atoms with Crippen molar-refractivity contribution < 1.29 is 9.90 Å². The lowest BCUT2D eigenvalue weighted by Crippen LogP contribution is -2.20. The van der Waals surface area contributed by atoms with Gasteiger partial charge in [-0.15, -0.1) is 0 Å². The fourth-order valence-electron chi connectivity index (χ4n) is 2.51. The number of nitrogens with zero attached hydrogens (tertiary/aromatic N) is 3. The maximum Gasteiger partial charge on any atom is 0.289 e.